The fraction of sp³-hybridized carbons (Fsp3) is 0.300. The molecule has 8 nitrogen and oxygen atoms in total. The summed E-state index contributed by atoms with van der Waals surface area (Å²) in [6, 6.07) is 7.05. The van der Waals surface area contributed by atoms with E-state index in [1.807, 2.05) is 19.1 Å². The zero-order valence-electron chi connectivity index (χ0n) is 17.0. The van der Waals surface area contributed by atoms with Gasteiger partial charge in [0.1, 0.15) is 23.0 Å². The fourth-order valence-corrected chi connectivity index (χ4v) is 2.79. The third-order valence-electron chi connectivity index (χ3n) is 4.61. The number of allylic oxidation sites excluding steroid dienone is 2. The van der Waals surface area contributed by atoms with E-state index in [2.05, 4.69) is 9.98 Å². The van der Waals surface area contributed by atoms with Crippen molar-refractivity contribution < 1.29 is 33.0 Å². The number of hydrogen-bond donors (Lipinski definition) is 3. The number of aromatic hydroxyl groups is 1. The van der Waals surface area contributed by atoms with Crippen molar-refractivity contribution in [2.45, 2.75) is 26.4 Å². The van der Waals surface area contributed by atoms with Gasteiger partial charge in [-0.2, -0.15) is 13.2 Å². The van der Waals surface area contributed by atoms with Crippen molar-refractivity contribution in [2.24, 2.45) is 17.8 Å². The largest absolute Gasteiger partial charge is 0.508 e. The minimum absolute atomic E-state index is 0.192. The molecule has 1 aliphatic rings. The average Bonchev–Trinajstić information content (AvgIpc) is 2.98. The van der Waals surface area contributed by atoms with Gasteiger partial charge in [-0.15, -0.1) is 0 Å². The number of alkyl halides is 3. The molecule has 11 heteroatoms. The lowest BCUT2D eigenvalue weighted by molar-refractivity contribution is -0.192. The van der Waals surface area contributed by atoms with Gasteiger partial charge in [-0.05, 0) is 38.0 Å². The van der Waals surface area contributed by atoms with Crippen molar-refractivity contribution in [1.82, 2.24) is 9.55 Å². The number of phenolic OH excluding ortho intramolecular Hbond substituents is 1. The summed E-state index contributed by atoms with van der Waals surface area (Å²) in [5, 5.41) is 16.4. The minimum atomic E-state index is -5.08. The normalized spacial score (nSPS) is 14.9. The Morgan fingerprint density at radius 3 is 2.29 bits per heavy atom. The molecule has 2 aromatic rings. The number of phenols is 1. The highest BCUT2D eigenvalue weighted by molar-refractivity contribution is 6.26. The number of aliphatic carboxylic acids is 1. The van der Waals surface area contributed by atoms with Crippen LogP contribution in [-0.2, 0) is 18.3 Å². The van der Waals surface area contributed by atoms with Crippen molar-refractivity contribution in [2.75, 3.05) is 6.54 Å². The van der Waals surface area contributed by atoms with Crippen molar-refractivity contribution in [3.05, 3.63) is 58.3 Å². The van der Waals surface area contributed by atoms with Crippen LogP contribution < -0.4 is 5.73 Å². The SMILES string of the molecule is CC1=C(N)C(=O)c2c(nc(C)n2C)C1=NCCc1ccc(O)cc1.O=C(O)C(F)(F)F. The first kappa shape index (κ1) is 23.6. The molecule has 0 bridgehead atoms. The molecule has 0 fully saturated rings. The molecule has 0 aliphatic heterocycles. The number of carboxylic acids is 1. The van der Waals surface area contributed by atoms with Crippen LogP contribution in [0.5, 0.6) is 5.75 Å². The van der Waals surface area contributed by atoms with Gasteiger partial charge >= 0.3 is 12.1 Å². The van der Waals surface area contributed by atoms with E-state index in [-0.39, 0.29) is 17.2 Å². The first-order valence-electron chi connectivity index (χ1n) is 9.02. The Hall–Kier alpha value is -3.63. The number of nitrogens with two attached hydrogens (primary N) is 1. The van der Waals surface area contributed by atoms with Crippen molar-refractivity contribution in [3.8, 4) is 5.75 Å². The maximum Gasteiger partial charge on any atom is 0.490 e. The van der Waals surface area contributed by atoms with Gasteiger partial charge in [0.15, 0.2) is 0 Å². The monoisotopic (exact) mass is 438 g/mol. The number of hydrogen-bond acceptors (Lipinski definition) is 6. The summed E-state index contributed by atoms with van der Waals surface area (Å²) in [5.41, 5.74) is 9.76. The lowest BCUT2D eigenvalue weighted by atomic mass is 9.95. The molecule has 0 unspecified atom stereocenters. The molecule has 31 heavy (non-hydrogen) atoms. The van der Waals surface area contributed by atoms with Gasteiger partial charge in [0, 0.05) is 19.2 Å². The Balaban J connectivity index is 0.000000423. The predicted octanol–water partition coefficient (Wildman–Crippen LogP) is 2.53. The molecular weight excluding hydrogens is 417 g/mol. The average molecular weight is 438 g/mol. The van der Waals surface area contributed by atoms with Crippen LogP contribution in [0.1, 0.15) is 34.5 Å². The van der Waals surface area contributed by atoms with Crippen LogP contribution in [-0.4, -0.2) is 49.9 Å². The first-order valence-corrected chi connectivity index (χ1v) is 9.02. The van der Waals surface area contributed by atoms with Gasteiger partial charge in [-0.25, -0.2) is 9.78 Å². The molecule has 0 amide bonds. The molecule has 0 atom stereocenters. The number of carbonyl (C=O) groups excluding carboxylic acids is 1. The number of nitrogens with zero attached hydrogens (tertiary/aromatic N) is 3. The smallest absolute Gasteiger partial charge is 0.490 e. The molecule has 1 aliphatic carbocycles. The molecule has 0 saturated carbocycles. The summed E-state index contributed by atoms with van der Waals surface area (Å²) in [6.07, 6.45) is -4.36. The predicted molar refractivity (Wildman–Crippen MR) is 106 cm³/mol. The second kappa shape index (κ2) is 9.02. The standard InChI is InChI=1S/C18H20N4O2.C2HF3O2/c1-10-14(19)18(24)17-16(21-11(2)22(17)3)15(10)20-9-8-12-4-6-13(23)7-5-12;3-2(4,5)1(6)7/h4-7,23H,8-9,19H2,1-3H3;(H,6,7). The Labute approximate surface area is 175 Å². The lowest BCUT2D eigenvalue weighted by Gasteiger charge is -2.16. The fourth-order valence-electron chi connectivity index (χ4n) is 2.79. The zero-order valence-corrected chi connectivity index (χ0v) is 17.0. The number of carboxylic acid groups (broad SMARTS) is 1. The van der Waals surface area contributed by atoms with Gasteiger partial charge in [0.05, 0.1) is 11.4 Å². The number of aromatic nitrogens is 2. The number of ketones is 1. The zero-order chi connectivity index (χ0) is 23.5. The molecule has 4 N–H and O–H groups in total. The Kier molecular flexibility index (Phi) is 6.88. The van der Waals surface area contributed by atoms with E-state index in [0.717, 1.165) is 17.8 Å². The van der Waals surface area contributed by atoms with Gasteiger partial charge in [-0.1, -0.05) is 12.1 Å². The van der Waals surface area contributed by atoms with Crippen LogP contribution in [0.15, 0.2) is 40.5 Å². The summed E-state index contributed by atoms with van der Waals surface area (Å²) in [4.78, 5) is 30.5. The number of aryl methyl sites for hydroxylation is 1. The van der Waals surface area contributed by atoms with Gasteiger partial charge in [0.2, 0.25) is 5.78 Å². The first-order chi connectivity index (χ1) is 14.3. The maximum atomic E-state index is 12.4. The van der Waals surface area contributed by atoms with E-state index in [1.165, 1.54) is 0 Å². The van der Waals surface area contributed by atoms with Crippen molar-refractivity contribution in [1.29, 1.82) is 0 Å². The van der Waals surface area contributed by atoms with Crippen LogP contribution >= 0.6 is 0 Å². The van der Waals surface area contributed by atoms with E-state index >= 15 is 0 Å². The van der Waals surface area contributed by atoms with Crippen LogP contribution in [0.2, 0.25) is 0 Å². The van der Waals surface area contributed by atoms with Gasteiger partial charge in [0.25, 0.3) is 0 Å². The number of rotatable bonds is 3. The van der Waals surface area contributed by atoms with E-state index in [1.54, 1.807) is 30.7 Å². The molecule has 1 heterocycles. The highest BCUT2D eigenvalue weighted by Crippen LogP contribution is 2.25. The molecule has 166 valence electrons. The van der Waals surface area contributed by atoms with Crippen LogP contribution in [0.25, 0.3) is 0 Å². The molecule has 0 radical (unpaired) electrons. The number of aliphatic imine (C=N–C) groups is 1. The Morgan fingerprint density at radius 1 is 1.23 bits per heavy atom. The Morgan fingerprint density at radius 2 is 1.77 bits per heavy atom. The van der Waals surface area contributed by atoms with E-state index in [9.17, 15) is 23.1 Å². The van der Waals surface area contributed by atoms with Crippen molar-refractivity contribution in [3.63, 3.8) is 0 Å². The molecule has 3 rings (SSSR count). The lowest BCUT2D eigenvalue weighted by Crippen LogP contribution is -2.27. The molecule has 1 aromatic carbocycles. The number of Topliss-reactive ketones (excluding diaryl/α,β-unsaturated/α-hetero) is 1. The van der Waals surface area contributed by atoms with Crippen LogP contribution in [0.4, 0.5) is 13.2 Å². The summed E-state index contributed by atoms with van der Waals surface area (Å²) in [5.74, 6) is -1.95. The topological polar surface area (TPSA) is 131 Å². The number of imidazole rings is 1. The van der Waals surface area contributed by atoms with Gasteiger partial charge < -0.3 is 20.5 Å². The second-order valence-corrected chi connectivity index (χ2v) is 6.73. The van der Waals surface area contributed by atoms with E-state index in [4.69, 9.17) is 15.6 Å². The number of fused-ring (bicyclic) bond motifs is 1. The molecule has 1 aromatic heterocycles. The summed E-state index contributed by atoms with van der Waals surface area (Å²) in [6.45, 7) is 4.21. The molecular formula is C20H21F3N4O4. The quantitative estimate of drug-likeness (QED) is 0.675. The molecule has 0 saturated heterocycles. The third-order valence-corrected chi connectivity index (χ3v) is 4.61. The van der Waals surface area contributed by atoms with Crippen LogP contribution in [0.3, 0.4) is 0 Å². The summed E-state index contributed by atoms with van der Waals surface area (Å²) in [7, 11) is 1.81. The van der Waals surface area contributed by atoms with Gasteiger partial charge in [-0.3, -0.25) is 9.79 Å². The van der Waals surface area contributed by atoms with Crippen LogP contribution in [0, 0.1) is 6.92 Å². The number of halogens is 3. The highest BCUT2D eigenvalue weighted by Gasteiger charge is 2.38. The second-order valence-electron chi connectivity index (χ2n) is 6.73. The summed E-state index contributed by atoms with van der Waals surface area (Å²) >= 11 is 0. The summed E-state index contributed by atoms with van der Waals surface area (Å²) < 4.78 is 33.5. The maximum absolute atomic E-state index is 12.4. The Bertz CT molecular complexity index is 1070. The third kappa shape index (κ3) is 5.30. The molecule has 0 spiro atoms. The van der Waals surface area contributed by atoms with E-state index in [0.29, 0.717) is 29.2 Å². The van der Waals surface area contributed by atoms with E-state index < -0.39 is 12.1 Å². The number of benzene rings is 1. The number of carbonyl (C=O) groups is 2. The minimum Gasteiger partial charge on any atom is -0.508 e. The van der Waals surface area contributed by atoms with Crippen molar-refractivity contribution >= 4 is 17.5 Å². The highest BCUT2D eigenvalue weighted by atomic mass is 19.4.